The molecule has 1 amide bonds. The summed E-state index contributed by atoms with van der Waals surface area (Å²) >= 11 is 0. The fourth-order valence-corrected chi connectivity index (χ4v) is 3.20. The first-order valence-electron chi connectivity index (χ1n) is 7.66. The van der Waals surface area contributed by atoms with Crippen molar-refractivity contribution in [3.8, 4) is 0 Å². The molecule has 0 aliphatic heterocycles. The van der Waals surface area contributed by atoms with E-state index in [9.17, 15) is 9.18 Å². The second kappa shape index (κ2) is 5.68. The van der Waals surface area contributed by atoms with Crippen LogP contribution in [0.1, 0.15) is 38.4 Å². The predicted molar refractivity (Wildman–Crippen MR) is 82.4 cm³/mol. The lowest BCUT2D eigenvalue weighted by molar-refractivity contribution is -0.128. The highest BCUT2D eigenvalue weighted by atomic mass is 19.1. The maximum Gasteiger partial charge on any atom is 0.225 e. The third-order valence-corrected chi connectivity index (χ3v) is 4.49. The van der Waals surface area contributed by atoms with Crippen molar-refractivity contribution in [2.24, 2.45) is 11.7 Å². The fraction of sp³-hybridized carbons (Fsp3) is 0.500. The first-order valence-corrected chi connectivity index (χ1v) is 7.66. The van der Waals surface area contributed by atoms with E-state index in [2.05, 4.69) is 15.3 Å². The highest BCUT2D eigenvalue weighted by molar-refractivity contribution is 5.80. The Balaban J connectivity index is 1.66. The first-order chi connectivity index (χ1) is 10.5. The molecule has 1 aliphatic rings. The van der Waals surface area contributed by atoms with Crippen molar-refractivity contribution in [1.29, 1.82) is 0 Å². The average molecular weight is 304 g/mol. The molecule has 1 saturated carbocycles. The molecule has 4 N–H and O–H groups in total. The van der Waals surface area contributed by atoms with Crippen LogP contribution < -0.4 is 11.1 Å². The highest BCUT2D eigenvalue weighted by Gasteiger charge is 2.37. The van der Waals surface area contributed by atoms with Gasteiger partial charge in [-0.2, -0.15) is 0 Å². The van der Waals surface area contributed by atoms with Gasteiger partial charge in [0.05, 0.1) is 23.5 Å². The predicted octanol–water partition coefficient (Wildman–Crippen LogP) is 2.23. The first kappa shape index (κ1) is 15.0. The van der Waals surface area contributed by atoms with Crippen molar-refractivity contribution in [1.82, 2.24) is 15.3 Å². The van der Waals surface area contributed by atoms with Crippen molar-refractivity contribution < 1.29 is 9.18 Å². The van der Waals surface area contributed by atoms with Gasteiger partial charge in [-0.25, -0.2) is 9.37 Å². The quantitative estimate of drug-likeness (QED) is 0.813. The van der Waals surface area contributed by atoms with Crippen molar-refractivity contribution in [3.63, 3.8) is 0 Å². The fourth-order valence-electron chi connectivity index (χ4n) is 3.20. The Labute approximate surface area is 128 Å². The Hall–Kier alpha value is -1.95. The Morgan fingerprint density at radius 1 is 1.55 bits per heavy atom. The number of carbonyl (C=O) groups excluding carboxylic acids is 1. The maximum absolute atomic E-state index is 13.2. The molecule has 1 fully saturated rings. The van der Waals surface area contributed by atoms with Crippen LogP contribution in [0.3, 0.4) is 0 Å². The van der Waals surface area contributed by atoms with E-state index in [0.717, 1.165) is 25.7 Å². The van der Waals surface area contributed by atoms with E-state index in [0.29, 0.717) is 23.4 Å². The number of nitrogens with zero attached hydrogens (tertiary/aromatic N) is 1. The Bertz CT molecular complexity index is 695. The van der Waals surface area contributed by atoms with Gasteiger partial charge in [0.25, 0.3) is 0 Å². The van der Waals surface area contributed by atoms with Crippen LogP contribution >= 0.6 is 0 Å². The molecule has 0 saturated heterocycles. The molecule has 22 heavy (non-hydrogen) atoms. The normalized spacial score (nSPS) is 25.3. The molecule has 0 spiro atoms. The Kier molecular flexibility index (Phi) is 3.87. The summed E-state index contributed by atoms with van der Waals surface area (Å²) in [6.07, 6.45) is 3.81. The zero-order valence-corrected chi connectivity index (χ0v) is 12.7. The van der Waals surface area contributed by atoms with Crippen molar-refractivity contribution in [3.05, 3.63) is 29.8 Å². The van der Waals surface area contributed by atoms with E-state index < -0.39 is 5.54 Å². The van der Waals surface area contributed by atoms with Crippen molar-refractivity contribution >= 4 is 16.9 Å². The van der Waals surface area contributed by atoms with Crippen LogP contribution in [0.25, 0.3) is 11.0 Å². The van der Waals surface area contributed by atoms with Crippen LogP contribution in [-0.4, -0.2) is 21.4 Å². The zero-order valence-electron chi connectivity index (χ0n) is 12.7. The molecule has 0 bridgehead atoms. The second-order valence-corrected chi connectivity index (χ2v) is 6.37. The van der Waals surface area contributed by atoms with E-state index in [4.69, 9.17) is 5.73 Å². The summed E-state index contributed by atoms with van der Waals surface area (Å²) in [6, 6.07) is 4.38. The van der Waals surface area contributed by atoms with Crippen LogP contribution in [0.5, 0.6) is 0 Å². The molecule has 5 nitrogen and oxygen atoms in total. The van der Waals surface area contributed by atoms with Gasteiger partial charge in [0, 0.05) is 5.54 Å². The molecule has 2 aromatic rings. The van der Waals surface area contributed by atoms with Gasteiger partial charge in [-0.15, -0.1) is 0 Å². The average Bonchev–Trinajstić information content (AvgIpc) is 2.86. The van der Waals surface area contributed by atoms with E-state index >= 15 is 0 Å². The van der Waals surface area contributed by atoms with Gasteiger partial charge in [-0.1, -0.05) is 12.8 Å². The molecule has 1 aromatic carbocycles. The molecule has 3 rings (SSSR count). The van der Waals surface area contributed by atoms with Crippen LogP contribution in [0, 0.1) is 11.7 Å². The Morgan fingerprint density at radius 2 is 2.36 bits per heavy atom. The number of hydrogen-bond acceptors (Lipinski definition) is 3. The molecule has 2 atom stereocenters. The highest BCUT2D eigenvalue weighted by Crippen LogP contribution is 2.31. The smallest absolute Gasteiger partial charge is 0.225 e. The van der Waals surface area contributed by atoms with Crippen molar-refractivity contribution in [2.75, 3.05) is 0 Å². The molecular weight excluding hydrogens is 283 g/mol. The van der Waals surface area contributed by atoms with Crippen LogP contribution in [-0.2, 0) is 11.3 Å². The van der Waals surface area contributed by atoms with Crippen LogP contribution in [0.2, 0.25) is 0 Å². The minimum absolute atomic E-state index is 0.0312. The van der Waals surface area contributed by atoms with Gasteiger partial charge in [-0.3, -0.25) is 4.79 Å². The third-order valence-electron chi connectivity index (χ3n) is 4.49. The van der Waals surface area contributed by atoms with Gasteiger partial charge in [0.1, 0.15) is 11.6 Å². The molecule has 1 aliphatic carbocycles. The van der Waals surface area contributed by atoms with Gasteiger partial charge < -0.3 is 16.0 Å². The number of benzene rings is 1. The molecule has 0 radical (unpaired) electrons. The van der Waals surface area contributed by atoms with E-state index in [-0.39, 0.29) is 17.6 Å². The third kappa shape index (κ3) is 2.97. The minimum Gasteiger partial charge on any atom is -0.349 e. The van der Waals surface area contributed by atoms with Gasteiger partial charge in [0.15, 0.2) is 0 Å². The lowest BCUT2D eigenvalue weighted by Crippen LogP contribution is -2.52. The number of carbonyl (C=O) groups is 1. The van der Waals surface area contributed by atoms with Gasteiger partial charge in [-0.05, 0) is 38.0 Å². The molecule has 6 heteroatoms. The number of H-pyrrole nitrogens is 1. The second-order valence-electron chi connectivity index (χ2n) is 6.37. The number of aromatic amines is 1. The number of fused-ring (bicyclic) bond motifs is 1. The van der Waals surface area contributed by atoms with Crippen molar-refractivity contribution in [2.45, 2.75) is 44.7 Å². The number of amides is 1. The summed E-state index contributed by atoms with van der Waals surface area (Å²) in [5.74, 6) is 0.107. The number of nitrogens with one attached hydrogen (secondary N) is 2. The number of rotatable bonds is 3. The number of imidazole rings is 1. The maximum atomic E-state index is 13.2. The van der Waals surface area contributed by atoms with Gasteiger partial charge in [0.2, 0.25) is 5.91 Å². The van der Waals surface area contributed by atoms with E-state index in [1.54, 1.807) is 6.07 Å². The summed E-state index contributed by atoms with van der Waals surface area (Å²) in [6.45, 7) is 2.24. The van der Waals surface area contributed by atoms with E-state index in [1.165, 1.54) is 12.1 Å². The SMILES string of the molecule is CC1(N)CCCCC1C(=O)NCc1nc2ccc(F)cc2[nH]1. The van der Waals surface area contributed by atoms with Crippen LogP contribution in [0.4, 0.5) is 4.39 Å². The molecular formula is C16H21FN4O. The summed E-state index contributed by atoms with van der Waals surface area (Å²) in [5, 5.41) is 2.89. The minimum atomic E-state index is -0.445. The summed E-state index contributed by atoms with van der Waals surface area (Å²) < 4.78 is 13.2. The number of halogens is 1. The monoisotopic (exact) mass is 304 g/mol. The lowest BCUT2D eigenvalue weighted by Gasteiger charge is -2.37. The van der Waals surface area contributed by atoms with E-state index in [1.807, 2.05) is 6.92 Å². The van der Waals surface area contributed by atoms with Gasteiger partial charge >= 0.3 is 0 Å². The molecule has 2 unspecified atom stereocenters. The summed E-state index contributed by atoms with van der Waals surface area (Å²) in [5.41, 5.74) is 7.12. The molecule has 1 heterocycles. The topological polar surface area (TPSA) is 83.8 Å². The summed E-state index contributed by atoms with van der Waals surface area (Å²) in [7, 11) is 0. The standard InChI is InChI=1S/C16H21FN4O/c1-16(18)7-3-2-4-11(16)15(22)19-9-14-20-12-6-5-10(17)8-13(12)21-14/h5-6,8,11H,2-4,7,9,18H2,1H3,(H,19,22)(H,20,21). The number of nitrogens with two attached hydrogens (primary N) is 1. The lowest BCUT2D eigenvalue weighted by atomic mass is 9.74. The zero-order chi connectivity index (χ0) is 15.7. The summed E-state index contributed by atoms with van der Waals surface area (Å²) in [4.78, 5) is 19.7. The molecule has 1 aromatic heterocycles. The number of hydrogen-bond donors (Lipinski definition) is 3. The largest absolute Gasteiger partial charge is 0.349 e. The molecule has 118 valence electrons. The van der Waals surface area contributed by atoms with Crippen LogP contribution in [0.15, 0.2) is 18.2 Å². The number of aromatic nitrogens is 2. The Morgan fingerprint density at radius 3 is 3.14 bits per heavy atom.